The molecule has 0 saturated carbocycles. The maximum Gasteiger partial charge on any atom is 0.181 e. The molecule has 0 aromatic heterocycles. The van der Waals surface area contributed by atoms with Crippen molar-refractivity contribution >= 4 is 40.4 Å². The molecule has 0 heterocycles. The predicted molar refractivity (Wildman–Crippen MR) is 81.5 cm³/mol. The summed E-state index contributed by atoms with van der Waals surface area (Å²) >= 11 is 0. The van der Waals surface area contributed by atoms with Gasteiger partial charge in [0.25, 0.3) is 0 Å². The number of ketones is 3. The molecular weight excluding hydrogens is 276 g/mol. The van der Waals surface area contributed by atoms with Crippen molar-refractivity contribution < 1.29 is 14.4 Å². The van der Waals surface area contributed by atoms with Crippen LogP contribution in [0.3, 0.4) is 0 Å². The maximum absolute atomic E-state index is 12.4. The molecule has 0 saturated heterocycles. The zero-order chi connectivity index (χ0) is 14.5. The van der Waals surface area contributed by atoms with Crippen molar-refractivity contribution in [2.75, 3.05) is 0 Å². The Balaban J connectivity index is 0.00000220. The van der Waals surface area contributed by atoms with Gasteiger partial charge in [-0.2, -0.15) is 0 Å². The second-order valence-corrected chi connectivity index (χ2v) is 4.50. The van der Waals surface area contributed by atoms with Crippen LogP contribution in [0.4, 0.5) is 0 Å². The summed E-state index contributed by atoms with van der Waals surface area (Å²) < 4.78 is 0. The summed E-state index contributed by atoms with van der Waals surface area (Å²) in [6.07, 6.45) is 0. The first-order chi connectivity index (χ1) is 9.61. The molecule has 0 N–H and O–H groups in total. The molecule has 0 spiro atoms. The van der Waals surface area contributed by atoms with Crippen molar-refractivity contribution in [2.45, 2.75) is 6.92 Å². The summed E-state index contributed by atoms with van der Waals surface area (Å²) in [6, 6.07) is 16.8. The van der Waals surface area contributed by atoms with E-state index in [1.54, 1.807) is 60.7 Å². The largest absolute Gasteiger partial charge is 0.299 e. The summed E-state index contributed by atoms with van der Waals surface area (Å²) in [7, 11) is 0. The van der Waals surface area contributed by atoms with E-state index in [-0.39, 0.29) is 23.1 Å². The first-order valence-electron chi connectivity index (χ1n) is 6.30. The van der Waals surface area contributed by atoms with E-state index in [1.165, 1.54) is 6.92 Å². The Bertz CT molecular complexity index is 584. The monoisotopic (exact) mass is 290 g/mol. The molecule has 0 aliphatic heterocycles. The van der Waals surface area contributed by atoms with Crippen LogP contribution in [-0.2, 0) is 4.79 Å². The summed E-state index contributed by atoms with van der Waals surface area (Å²) in [5, 5.41) is 0. The average molecular weight is 291 g/mol. The van der Waals surface area contributed by atoms with Gasteiger partial charge in [0.1, 0.15) is 11.7 Å². The molecule has 3 nitrogen and oxygen atoms in total. The lowest BCUT2D eigenvalue weighted by Crippen LogP contribution is -2.30. The minimum Gasteiger partial charge on any atom is -0.299 e. The molecule has 0 amide bonds. The van der Waals surface area contributed by atoms with Gasteiger partial charge >= 0.3 is 0 Å². The zero-order valence-corrected chi connectivity index (χ0v) is 13.2. The van der Waals surface area contributed by atoms with Gasteiger partial charge in [0.15, 0.2) is 11.6 Å². The van der Waals surface area contributed by atoms with Crippen molar-refractivity contribution in [1.82, 2.24) is 0 Å². The normalized spacial score (nSPS) is 9.81. The Morgan fingerprint density at radius 1 is 0.714 bits per heavy atom. The number of benzene rings is 2. The van der Waals surface area contributed by atoms with Gasteiger partial charge in [-0.05, 0) is 6.92 Å². The third kappa shape index (κ3) is 4.09. The van der Waals surface area contributed by atoms with Gasteiger partial charge < -0.3 is 0 Å². The maximum atomic E-state index is 12.4. The molecule has 2 radical (unpaired) electrons. The molecular formula is C17H14MgO3. The third-order valence-electron chi connectivity index (χ3n) is 3.05. The van der Waals surface area contributed by atoms with E-state index in [2.05, 4.69) is 0 Å². The summed E-state index contributed by atoms with van der Waals surface area (Å²) in [5.41, 5.74) is 0.744. The van der Waals surface area contributed by atoms with Gasteiger partial charge in [-0.25, -0.2) is 0 Å². The van der Waals surface area contributed by atoms with Crippen molar-refractivity contribution in [3.05, 3.63) is 71.8 Å². The SMILES string of the molecule is CC(=O)C(C(=O)c1ccccc1)C(=O)c1ccccc1.[Mg]. The number of hydrogen-bond acceptors (Lipinski definition) is 3. The fraction of sp³-hybridized carbons (Fsp3) is 0.118. The number of hydrogen-bond donors (Lipinski definition) is 0. The van der Waals surface area contributed by atoms with E-state index in [9.17, 15) is 14.4 Å². The molecule has 0 aliphatic rings. The van der Waals surface area contributed by atoms with Crippen LogP contribution >= 0.6 is 0 Å². The van der Waals surface area contributed by atoms with E-state index in [0.717, 1.165) is 0 Å². The Kier molecular flexibility index (Phi) is 6.46. The van der Waals surface area contributed by atoms with E-state index in [0.29, 0.717) is 11.1 Å². The Morgan fingerprint density at radius 3 is 1.33 bits per heavy atom. The fourth-order valence-electron chi connectivity index (χ4n) is 2.03. The molecule has 4 heteroatoms. The highest BCUT2D eigenvalue weighted by Crippen LogP contribution is 2.16. The van der Waals surface area contributed by atoms with Crippen LogP contribution in [0.15, 0.2) is 60.7 Å². The van der Waals surface area contributed by atoms with Crippen LogP contribution in [-0.4, -0.2) is 40.4 Å². The zero-order valence-electron chi connectivity index (χ0n) is 11.8. The topological polar surface area (TPSA) is 51.2 Å². The molecule has 0 unspecified atom stereocenters. The molecule has 102 valence electrons. The van der Waals surface area contributed by atoms with Gasteiger partial charge in [0.2, 0.25) is 0 Å². The molecule has 0 fully saturated rings. The Hall–Kier alpha value is -1.78. The average Bonchev–Trinajstić information content (AvgIpc) is 2.48. The highest BCUT2D eigenvalue weighted by molar-refractivity contribution is 6.27. The molecule has 0 bridgehead atoms. The van der Waals surface area contributed by atoms with Crippen molar-refractivity contribution in [3.63, 3.8) is 0 Å². The van der Waals surface area contributed by atoms with Crippen molar-refractivity contribution in [2.24, 2.45) is 5.92 Å². The molecule has 0 atom stereocenters. The Labute approximate surface area is 139 Å². The molecule has 2 aromatic carbocycles. The van der Waals surface area contributed by atoms with Crippen LogP contribution < -0.4 is 0 Å². The fourth-order valence-corrected chi connectivity index (χ4v) is 2.03. The van der Waals surface area contributed by atoms with E-state index in [1.807, 2.05) is 0 Å². The standard InChI is InChI=1S/C17H14O3.Mg/c1-12(18)15(16(19)13-8-4-2-5-9-13)17(20)14-10-6-3-7-11-14;/h2-11,15H,1H3;. The van der Waals surface area contributed by atoms with Crippen molar-refractivity contribution in [1.29, 1.82) is 0 Å². The number of carbonyl (C=O) groups excluding carboxylic acids is 3. The second-order valence-electron chi connectivity index (χ2n) is 4.50. The van der Waals surface area contributed by atoms with Crippen LogP contribution in [0.25, 0.3) is 0 Å². The lowest BCUT2D eigenvalue weighted by atomic mass is 9.87. The van der Waals surface area contributed by atoms with Gasteiger partial charge in [-0.1, -0.05) is 60.7 Å². The van der Waals surface area contributed by atoms with Gasteiger partial charge in [0.05, 0.1) is 0 Å². The van der Waals surface area contributed by atoms with E-state index < -0.39 is 23.3 Å². The first kappa shape index (κ1) is 17.3. The molecule has 0 aliphatic carbocycles. The smallest absolute Gasteiger partial charge is 0.181 e. The molecule has 21 heavy (non-hydrogen) atoms. The second kappa shape index (κ2) is 7.86. The predicted octanol–water partition coefficient (Wildman–Crippen LogP) is 2.58. The van der Waals surface area contributed by atoms with Gasteiger partial charge in [-0.15, -0.1) is 0 Å². The molecule has 2 rings (SSSR count). The summed E-state index contributed by atoms with van der Waals surface area (Å²) in [6.45, 7) is 1.27. The van der Waals surface area contributed by atoms with Crippen LogP contribution in [0.2, 0.25) is 0 Å². The quantitative estimate of drug-likeness (QED) is 0.483. The van der Waals surface area contributed by atoms with Crippen LogP contribution in [0, 0.1) is 5.92 Å². The highest BCUT2D eigenvalue weighted by atomic mass is 24.3. The van der Waals surface area contributed by atoms with Crippen molar-refractivity contribution in [3.8, 4) is 0 Å². The van der Waals surface area contributed by atoms with E-state index in [4.69, 9.17) is 0 Å². The summed E-state index contributed by atoms with van der Waals surface area (Å²) in [5.74, 6) is -2.61. The number of rotatable bonds is 5. The number of Topliss-reactive ketones (excluding diaryl/α,β-unsaturated/α-hetero) is 3. The number of carbonyl (C=O) groups is 3. The lowest BCUT2D eigenvalue weighted by molar-refractivity contribution is -0.118. The van der Waals surface area contributed by atoms with E-state index >= 15 is 0 Å². The minimum atomic E-state index is -1.26. The molecule has 2 aromatic rings. The van der Waals surface area contributed by atoms with Crippen LogP contribution in [0.1, 0.15) is 27.6 Å². The highest BCUT2D eigenvalue weighted by Gasteiger charge is 2.32. The van der Waals surface area contributed by atoms with Gasteiger partial charge in [0, 0.05) is 34.2 Å². The summed E-state index contributed by atoms with van der Waals surface area (Å²) in [4.78, 5) is 36.5. The third-order valence-corrected chi connectivity index (χ3v) is 3.05. The minimum absolute atomic E-state index is 0. The lowest BCUT2D eigenvalue weighted by Gasteiger charge is -2.11. The Morgan fingerprint density at radius 2 is 1.05 bits per heavy atom. The first-order valence-corrected chi connectivity index (χ1v) is 6.30. The van der Waals surface area contributed by atoms with Crippen LogP contribution in [0.5, 0.6) is 0 Å². The van der Waals surface area contributed by atoms with Gasteiger partial charge in [-0.3, -0.25) is 14.4 Å².